The number of carbonyl (C=O) groups is 1. The molecule has 0 bridgehead atoms. The normalized spacial score (nSPS) is 11.9. The number of hydrogen-bond acceptors (Lipinski definition) is 3. The van der Waals surface area contributed by atoms with Crippen LogP contribution in [0, 0.1) is 0 Å². The van der Waals surface area contributed by atoms with Gasteiger partial charge in [-0.05, 0) is 40.5 Å². The lowest BCUT2D eigenvalue weighted by Crippen LogP contribution is -2.28. The number of fused-ring (bicyclic) bond motifs is 1. The minimum Gasteiger partial charge on any atom is -0.497 e. The molecular formula is C22H23NO3. The summed E-state index contributed by atoms with van der Waals surface area (Å²) in [5, 5.41) is 15.4. The number of hydrogen-bond donors (Lipinski definition) is 2. The van der Waals surface area contributed by atoms with Gasteiger partial charge in [0.1, 0.15) is 5.75 Å². The van der Waals surface area contributed by atoms with E-state index in [1.807, 2.05) is 66.7 Å². The predicted molar refractivity (Wildman–Crippen MR) is 103 cm³/mol. The van der Waals surface area contributed by atoms with Crippen molar-refractivity contribution >= 4 is 16.7 Å². The largest absolute Gasteiger partial charge is 0.497 e. The van der Waals surface area contributed by atoms with E-state index in [-0.39, 0.29) is 12.5 Å². The number of carbonyl (C=O) groups excluding carboxylic acids is 1. The molecule has 0 saturated heterocycles. The molecule has 0 unspecified atom stereocenters. The van der Waals surface area contributed by atoms with E-state index >= 15 is 0 Å². The number of nitrogens with one attached hydrogen (secondary N) is 1. The highest BCUT2D eigenvalue weighted by atomic mass is 16.5. The van der Waals surface area contributed by atoms with Gasteiger partial charge in [-0.1, -0.05) is 54.6 Å². The van der Waals surface area contributed by atoms with Crippen molar-refractivity contribution in [1.29, 1.82) is 0 Å². The Hall–Kier alpha value is -2.85. The predicted octanol–water partition coefficient (Wildman–Crippen LogP) is 3.63. The van der Waals surface area contributed by atoms with Crippen molar-refractivity contribution in [3.05, 3.63) is 77.9 Å². The van der Waals surface area contributed by atoms with Gasteiger partial charge in [0.25, 0.3) is 0 Å². The first-order valence-corrected chi connectivity index (χ1v) is 8.73. The van der Waals surface area contributed by atoms with Crippen LogP contribution in [0.1, 0.15) is 23.7 Å². The Morgan fingerprint density at radius 1 is 1.04 bits per heavy atom. The summed E-state index contributed by atoms with van der Waals surface area (Å²) in [5.74, 6) is 0.733. The van der Waals surface area contributed by atoms with Crippen molar-refractivity contribution in [1.82, 2.24) is 5.32 Å². The van der Waals surface area contributed by atoms with E-state index in [9.17, 15) is 9.90 Å². The summed E-state index contributed by atoms with van der Waals surface area (Å²) in [5.41, 5.74) is 1.91. The van der Waals surface area contributed by atoms with Crippen LogP contribution in [0.2, 0.25) is 0 Å². The topological polar surface area (TPSA) is 58.6 Å². The first-order chi connectivity index (χ1) is 12.7. The maximum atomic E-state index is 12.1. The molecule has 0 aromatic heterocycles. The van der Waals surface area contributed by atoms with E-state index < -0.39 is 6.10 Å². The summed E-state index contributed by atoms with van der Waals surface area (Å²) in [4.78, 5) is 12.1. The van der Waals surface area contributed by atoms with Gasteiger partial charge in [0.15, 0.2) is 0 Å². The fourth-order valence-corrected chi connectivity index (χ4v) is 3.00. The van der Waals surface area contributed by atoms with Gasteiger partial charge in [-0.25, -0.2) is 0 Å². The summed E-state index contributed by atoms with van der Waals surface area (Å²) in [6.45, 7) is 0.204. The minimum absolute atomic E-state index is 0.0693. The second-order valence-corrected chi connectivity index (χ2v) is 6.24. The molecule has 0 aliphatic carbocycles. The third-order valence-electron chi connectivity index (χ3n) is 4.47. The molecule has 1 atom stereocenters. The SMILES string of the molecule is COc1ccc(CCC(=O)NC[C@H](O)c2cccc3ccccc23)cc1. The first kappa shape index (κ1) is 18.0. The monoisotopic (exact) mass is 349 g/mol. The fourth-order valence-electron chi connectivity index (χ4n) is 3.00. The quantitative estimate of drug-likeness (QED) is 0.685. The third-order valence-corrected chi connectivity index (χ3v) is 4.47. The van der Waals surface area contributed by atoms with Crippen LogP contribution in [0.4, 0.5) is 0 Å². The molecule has 0 fully saturated rings. The molecule has 3 rings (SSSR count). The molecule has 0 aliphatic heterocycles. The molecule has 0 radical (unpaired) electrons. The molecule has 0 spiro atoms. The minimum atomic E-state index is -0.731. The molecule has 134 valence electrons. The molecule has 0 aliphatic rings. The average molecular weight is 349 g/mol. The zero-order valence-corrected chi connectivity index (χ0v) is 14.8. The summed E-state index contributed by atoms with van der Waals surface area (Å²) in [6.07, 6.45) is 0.306. The van der Waals surface area contributed by atoms with Gasteiger partial charge >= 0.3 is 0 Å². The van der Waals surface area contributed by atoms with Gasteiger partial charge < -0.3 is 15.2 Å². The first-order valence-electron chi connectivity index (χ1n) is 8.73. The van der Waals surface area contributed by atoms with Crippen LogP contribution >= 0.6 is 0 Å². The van der Waals surface area contributed by atoms with Crippen molar-refractivity contribution in [2.24, 2.45) is 0 Å². The molecule has 4 heteroatoms. The zero-order valence-electron chi connectivity index (χ0n) is 14.8. The maximum absolute atomic E-state index is 12.1. The lowest BCUT2D eigenvalue weighted by atomic mass is 10.0. The highest BCUT2D eigenvalue weighted by Crippen LogP contribution is 2.23. The fraction of sp³-hybridized carbons (Fsp3) is 0.227. The Labute approximate surface area is 153 Å². The number of aryl methyl sites for hydroxylation is 1. The highest BCUT2D eigenvalue weighted by molar-refractivity contribution is 5.86. The Bertz CT molecular complexity index is 869. The number of benzene rings is 3. The van der Waals surface area contributed by atoms with Gasteiger partial charge in [-0.3, -0.25) is 4.79 Å². The van der Waals surface area contributed by atoms with E-state index in [1.54, 1.807) is 7.11 Å². The Kier molecular flexibility index (Phi) is 5.87. The van der Waals surface area contributed by atoms with Crippen molar-refractivity contribution < 1.29 is 14.6 Å². The van der Waals surface area contributed by atoms with Gasteiger partial charge in [-0.2, -0.15) is 0 Å². The van der Waals surface area contributed by atoms with E-state index in [4.69, 9.17) is 4.74 Å². The number of aliphatic hydroxyl groups excluding tert-OH is 1. The maximum Gasteiger partial charge on any atom is 0.220 e. The van der Waals surface area contributed by atoms with Crippen LogP contribution in [0.15, 0.2) is 66.7 Å². The molecule has 0 saturated carbocycles. The number of ether oxygens (including phenoxy) is 1. The summed E-state index contributed by atoms with van der Waals surface area (Å²) in [6, 6.07) is 21.4. The van der Waals surface area contributed by atoms with Crippen LogP contribution < -0.4 is 10.1 Å². The van der Waals surface area contributed by atoms with Gasteiger partial charge in [-0.15, -0.1) is 0 Å². The molecule has 1 amide bonds. The number of rotatable bonds is 7. The van der Waals surface area contributed by atoms with Gasteiger partial charge in [0, 0.05) is 13.0 Å². The summed E-state index contributed by atoms with van der Waals surface area (Å²) >= 11 is 0. The van der Waals surface area contributed by atoms with Crippen molar-refractivity contribution in [2.75, 3.05) is 13.7 Å². The average Bonchev–Trinajstić information content (AvgIpc) is 2.70. The number of aliphatic hydroxyl groups is 1. The number of methoxy groups -OCH3 is 1. The van der Waals surface area contributed by atoms with Crippen LogP contribution in [-0.2, 0) is 11.2 Å². The lowest BCUT2D eigenvalue weighted by molar-refractivity contribution is -0.121. The van der Waals surface area contributed by atoms with Crippen LogP contribution in [0.3, 0.4) is 0 Å². The second-order valence-electron chi connectivity index (χ2n) is 6.24. The number of amides is 1. The smallest absolute Gasteiger partial charge is 0.220 e. The lowest BCUT2D eigenvalue weighted by Gasteiger charge is -2.15. The van der Waals surface area contributed by atoms with Gasteiger partial charge in [0.05, 0.1) is 13.2 Å². The molecule has 0 heterocycles. The second kappa shape index (κ2) is 8.50. The van der Waals surface area contributed by atoms with Gasteiger partial charge in [0.2, 0.25) is 5.91 Å². The standard InChI is InChI=1S/C22H23NO3/c1-26-18-12-9-16(10-13-18)11-14-22(25)23-15-21(24)20-8-4-6-17-5-2-3-7-19(17)20/h2-10,12-13,21,24H,11,14-15H2,1H3,(H,23,25)/t21-/m0/s1. The molecule has 4 nitrogen and oxygen atoms in total. The molecule has 3 aromatic rings. The van der Waals surface area contributed by atoms with E-state index in [0.717, 1.165) is 27.6 Å². The van der Waals surface area contributed by atoms with Crippen LogP contribution in [-0.4, -0.2) is 24.7 Å². The Balaban J connectivity index is 1.53. The third kappa shape index (κ3) is 4.41. The van der Waals surface area contributed by atoms with E-state index in [0.29, 0.717) is 12.8 Å². The van der Waals surface area contributed by atoms with Crippen LogP contribution in [0.25, 0.3) is 10.8 Å². The molecule has 26 heavy (non-hydrogen) atoms. The van der Waals surface area contributed by atoms with Crippen LogP contribution in [0.5, 0.6) is 5.75 Å². The van der Waals surface area contributed by atoms with E-state index in [1.165, 1.54) is 0 Å². The molecular weight excluding hydrogens is 326 g/mol. The van der Waals surface area contributed by atoms with E-state index in [2.05, 4.69) is 5.32 Å². The molecule has 3 aromatic carbocycles. The van der Waals surface area contributed by atoms with Crippen molar-refractivity contribution in [2.45, 2.75) is 18.9 Å². The zero-order chi connectivity index (χ0) is 18.4. The summed E-state index contributed by atoms with van der Waals surface area (Å²) in [7, 11) is 1.63. The Morgan fingerprint density at radius 3 is 2.54 bits per heavy atom. The summed E-state index contributed by atoms with van der Waals surface area (Å²) < 4.78 is 5.13. The van der Waals surface area contributed by atoms with Crippen molar-refractivity contribution in [3.8, 4) is 5.75 Å². The highest BCUT2D eigenvalue weighted by Gasteiger charge is 2.12. The molecule has 2 N–H and O–H groups in total. The van der Waals surface area contributed by atoms with Crippen molar-refractivity contribution in [3.63, 3.8) is 0 Å². The Morgan fingerprint density at radius 2 is 1.77 bits per heavy atom.